The molecule has 3 aromatic rings. The molecule has 0 bridgehead atoms. The van der Waals surface area contributed by atoms with Crippen LogP contribution in [0.5, 0.6) is 11.5 Å². The number of aliphatic hydroxyl groups excluding tert-OH is 1. The van der Waals surface area contributed by atoms with Gasteiger partial charge in [0, 0.05) is 36.1 Å². The standard InChI is InChI=1S/C27H28ClN3O5/c1-3-35-21-11-8-19(16-22(21)36-4-2)24-23(25(32)18-6-9-20(28)10-7-18)26(33)27(34)31(24)14-5-13-30-15-12-29-17-30/h6-12,15-17,24,32H,3-5,13-14H2,1-2H3/b25-23+. The van der Waals surface area contributed by atoms with Crippen LogP contribution in [0.25, 0.3) is 5.76 Å². The number of carbonyl (C=O) groups is 2. The number of Topliss-reactive ketones (excluding diaryl/α,β-unsaturated/α-hetero) is 1. The van der Waals surface area contributed by atoms with E-state index in [1.54, 1.807) is 55.0 Å². The van der Waals surface area contributed by atoms with Crippen molar-refractivity contribution in [3.8, 4) is 11.5 Å². The number of halogens is 1. The third kappa shape index (κ3) is 5.23. The first-order valence-corrected chi connectivity index (χ1v) is 12.2. The van der Waals surface area contributed by atoms with Gasteiger partial charge in [0.1, 0.15) is 5.76 Å². The number of aliphatic hydroxyl groups is 1. The van der Waals surface area contributed by atoms with Gasteiger partial charge in [0.2, 0.25) is 0 Å². The van der Waals surface area contributed by atoms with Crippen molar-refractivity contribution in [3.63, 3.8) is 0 Å². The maximum absolute atomic E-state index is 13.2. The first-order chi connectivity index (χ1) is 17.4. The van der Waals surface area contributed by atoms with Gasteiger partial charge in [0.15, 0.2) is 11.5 Å². The normalized spacial score (nSPS) is 17.0. The Morgan fingerprint density at radius 3 is 2.42 bits per heavy atom. The number of ether oxygens (including phenoxy) is 2. The Morgan fingerprint density at radius 1 is 1.03 bits per heavy atom. The molecular weight excluding hydrogens is 482 g/mol. The number of ketones is 1. The van der Waals surface area contributed by atoms with E-state index < -0.39 is 17.7 Å². The van der Waals surface area contributed by atoms with Crippen LogP contribution in [0.3, 0.4) is 0 Å². The summed E-state index contributed by atoms with van der Waals surface area (Å²) in [4.78, 5) is 32.0. The van der Waals surface area contributed by atoms with Gasteiger partial charge < -0.3 is 24.0 Å². The molecule has 0 aliphatic carbocycles. The molecule has 188 valence electrons. The van der Waals surface area contributed by atoms with E-state index in [2.05, 4.69) is 4.98 Å². The predicted octanol–water partition coefficient (Wildman–Crippen LogP) is 4.85. The minimum absolute atomic E-state index is 0.0246. The zero-order valence-electron chi connectivity index (χ0n) is 20.2. The van der Waals surface area contributed by atoms with Crippen LogP contribution in [-0.4, -0.2) is 51.0 Å². The van der Waals surface area contributed by atoms with Crippen molar-refractivity contribution in [1.82, 2.24) is 14.5 Å². The van der Waals surface area contributed by atoms with Gasteiger partial charge >= 0.3 is 0 Å². The first-order valence-electron chi connectivity index (χ1n) is 11.8. The number of benzene rings is 2. The largest absolute Gasteiger partial charge is 0.507 e. The molecule has 1 N–H and O–H groups in total. The molecule has 0 spiro atoms. The van der Waals surface area contributed by atoms with Crippen LogP contribution in [0.4, 0.5) is 0 Å². The number of hydrogen-bond donors (Lipinski definition) is 1. The average Bonchev–Trinajstić information content (AvgIpc) is 3.48. The van der Waals surface area contributed by atoms with E-state index >= 15 is 0 Å². The van der Waals surface area contributed by atoms with Crippen molar-refractivity contribution < 1.29 is 24.2 Å². The van der Waals surface area contributed by atoms with Crippen molar-refractivity contribution in [2.45, 2.75) is 32.9 Å². The van der Waals surface area contributed by atoms with Crippen LogP contribution in [0.1, 0.15) is 37.4 Å². The molecule has 2 aromatic carbocycles. The summed E-state index contributed by atoms with van der Waals surface area (Å²) in [7, 11) is 0. The topological polar surface area (TPSA) is 93.9 Å². The fourth-order valence-electron chi connectivity index (χ4n) is 4.30. The van der Waals surface area contributed by atoms with Gasteiger partial charge in [-0.2, -0.15) is 0 Å². The Balaban J connectivity index is 1.77. The summed E-state index contributed by atoms with van der Waals surface area (Å²) < 4.78 is 13.4. The Bertz CT molecular complexity index is 1250. The van der Waals surface area contributed by atoms with E-state index in [4.69, 9.17) is 21.1 Å². The number of hydrogen-bond acceptors (Lipinski definition) is 6. The van der Waals surface area contributed by atoms with Crippen LogP contribution < -0.4 is 9.47 Å². The van der Waals surface area contributed by atoms with Gasteiger partial charge in [-0.25, -0.2) is 4.98 Å². The van der Waals surface area contributed by atoms with Gasteiger partial charge in [-0.05, 0) is 62.2 Å². The molecule has 1 atom stereocenters. The Hall–Kier alpha value is -3.78. The van der Waals surface area contributed by atoms with Gasteiger partial charge in [-0.1, -0.05) is 17.7 Å². The molecule has 36 heavy (non-hydrogen) atoms. The van der Waals surface area contributed by atoms with E-state index in [0.717, 1.165) is 0 Å². The summed E-state index contributed by atoms with van der Waals surface area (Å²) in [5.74, 6) is -0.570. The molecule has 1 unspecified atom stereocenters. The lowest BCUT2D eigenvalue weighted by Gasteiger charge is -2.26. The van der Waals surface area contributed by atoms with E-state index in [1.165, 1.54) is 4.90 Å². The summed E-state index contributed by atoms with van der Waals surface area (Å²) in [6.45, 7) is 5.56. The fraction of sp³-hybridized carbons (Fsp3) is 0.296. The molecular formula is C27H28ClN3O5. The first kappa shape index (κ1) is 25.3. The van der Waals surface area contributed by atoms with Crippen molar-refractivity contribution >= 4 is 29.1 Å². The Kier molecular flexibility index (Phi) is 7.95. The zero-order valence-corrected chi connectivity index (χ0v) is 20.9. The highest BCUT2D eigenvalue weighted by atomic mass is 35.5. The molecule has 1 aliphatic rings. The summed E-state index contributed by atoms with van der Waals surface area (Å²) in [5, 5.41) is 11.7. The quantitative estimate of drug-likeness (QED) is 0.238. The van der Waals surface area contributed by atoms with Gasteiger partial charge in [-0.3, -0.25) is 9.59 Å². The SMILES string of the molecule is CCOc1ccc(C2/C(=C(\O)c3ccc(Cl)cc3)C(=O)C(=O)N2CCCn2ccnc2)cc1OCC. The lowest BCUT2D eigenvalue weighted by atomic mass is 9.95. The predicted molar refractivity (Wildman–Crippen MR) is 136 cm³/mol. The number of rotatable bonds is 10. The van der Waals surface area contributed by atoms with E-state index in [0.29, 0.717) is 60.4 Å². The molecule has 9 heteroatoms. The Labute approximate surface area is 214 Å². The Morgan fingerprint density at radius 2 is 1.75 bits per heavy atom. The molecule has 8 nitrogen and oxygen atoms in total. The highest BCUT2D eigenvalue weighted by molar-refractivity contribution is 6.46. The van der Waals surface area contributed by atoms with Gasteiger partial charge in [-0.15, -0.1) is 0 Å². The number of carbonyl (C=O) groups excluding carboxylic acids is 2. The van der Waals surface area contributed by atoms with Crippen molar-refractivity contribution in [3.05, 3.63) is 82.9 Å². The van der Waals surface area contributed by atoms with Gasteiger partial charge in [0.25, 0.3) is 11.7 Å². The third-order valence-electron chi connectivity index (χ3n) is 5.92. The maximum atomic E-state index is 13.2. The molecule has 1 aliphatic heterocycles. The second-order valence-corrected chi connectivity index (χ2v) is 8.66. The molecule has 1 fully saturated rings. The monoisotopic (exact) mass is 509 g/mol. The summed E-state index contributed by atoms with van der Waals surface area (Å²) in [6.07, 6.45) is 5.82. The number of imidazole rings is 1. The number of aromatic nitrogens is 2. The van der Waals surface area contributed by atoms with Crippen LogP contribution in [0.2, 0.25) is 5.02 Å². The van der Waals surface area contributed by atoms with Crippen molar-refractivity contribution in [1.29, 1.82) is 0 Å². The highest BCUT2D eigenvalue weighted by Crippen LogP contribution is 2.42. The second kappa shape index (κ2) is 11.3. The number of aryl methyl sites for hydroxylation is 1. The van der Waals surface area contributed by atoms with E-state index in [9.17, 15) is 14.7 Å². The molecule has 1 aromatic heterocycles. The smallest absolute Gasteiger partial charge is 0.295 e. The van der Waals surface area contributed by atoms with Crippen LogP contribution in [0.15, 0.2) is 66.8 Å². The number of likely N-dealkylation sites (tertiary alicyclic amines) is 1. The van der Waals surface area contributed by atoms with Crippen molar-refractivity contribution in [2.75, 3.05) is 19.8 Å². The molecule has 0 radical (unpaired) electrons. The lowest BCUT2D eigenvalue weighted by Crippen LogP contribution is -2.31. The summed E-state index contributed by atoms with van der Waals surface area (Å²) >= 11 is 6.00. The maximum Gasteiger partial charge on any atom is 0.295 e. The molecule has 1 saturated heterocycles. The third-order valence-corrected chi connectivity index (χ3v) is 6.17. The van der Waals surface area contributed by atoms with Gasteiger partial charge in [0.05, 0.1) is 31.2 Å². The molecule has 1 amide bonds. The minimum Gasteiger partial charge on any atom is -0.507 e. The molecule has 4 rings (SSSR count). The fourth-order valence-corrected chi connectivity index (χ4v) is 4.43. The number of nitrogens with zero attached hydrogens (tertiary/aromatic N) is 3. The van der Waals surface area contributed by atoms with Crippen LogP contribution in [-0.2, 0) is 16.1 Å². The van der Waals surface area contributed by atoms with Crippen LogP contribution >= 0.6 is 11.6 Å². The summed E-state index contributed by atoms with van der Waals surface area (Å²) in [5.41, 5.74) is 1.06. The minimum atomic E-state index is -0.793. The lowest BCUT2D eigenvalue weighted by molar-refractivity contribution is -0.139. The van der Waals surface area contributed by atoms with Crippen molar-refractivity contribution in [2.24, 2.45) is 0 Å². The molecule has 0 saturated carbocycles. The van der Waals surface area contributed by atoms with Crippen LogP contribution in [0, 0.1) is 0 Å². The van der Waals surface area contributed by atoms with E-state index in [-0.39, 0.29) is 11.3 Å². The number of amides is 1. The van der Waals surface area contributed by atoms with E-state index in [1.807, 2.05) is 24.6 Å². The summed E-state index contributed by atoms with van der Waals surface area (Å²) in [6, 6.07) is 11.0. The average molecular weight is 510 g/mol. The second-order valence-electron chi connectivity index (χ2n) is 8.23. The highest BCUT2D eigenvalue weighted by Gasteiger charge is 2.46. The zero-order chi connectivity index (χ0) is 25.7. The molecule has 2 heterocycles.